The van der Waals surface area contributed by atoms with Crippen LogP contribution < -0.4 is 10.6 Å². The van der Waals surface area contributed by atoms with Gasteiger partial charge >= 0.3 is 5.97 Å². The number of esters is 1. The molecule has 0 saturated heterocycles. The second-order valence-corrected chi connectivity index (χ2v) is 17.4. The van der Waals surface area contributed by atoms with E-state index in [0.29, 0.717) is 12.8 Å². The number of carbonyl (C=O) groups excluding carboxylic acids is 1. The van der Waals surface area contributed by atoms with Crippen LogP contribution in [0.2, 0.25) is 18.1 Å². The van der Waals surface area contributed by atoms with Gasteiger partial charge in [0.15, 0.2) is 8.32 Å². The molecular weight excluding hydrogens is 467 g/mol. The topological polar surface area (TPSA) is 35.5 Å². The number of rotatable bonds is 10. The number of hydrogen-bond acceptors (Lipinski definition) is 3. The van der Waals surface area contributed by atoms with Crippen LogP contribution in [0.15, 0.2) is 91.0 Å². The zero-order valence-electron chi connectivity index (χ0n) is 21.9. The van der Waals surface area contributed by atoms with Crippen molar-refractivity contribution in [2.45, 2.75) is 51.9 Å². The van der Waals surface area contributed by atoms with Crippen LogP contribution in [0.3, 0.4) is 0 Å². The summed E-state index contributed by atoms with van der Waals surface area (Å²) in [7, 11) is -2.98. The summed E-state index contributed by atoms with van der Waals surface area (Å²) in [6.07, 6.45) is 0.296. The molecule has 2 atom stereocenters. The highest BCUT2D eigenvalue weighted by Crippen LogP contribution is 2.45. The molecule has 0 aromatic heterocycles. The average Bonchev–Trinajstić information content (AvgIpc) is 2.84. The van der Waals surface area contributed by atoms with E-state index in [-0.39, 0.29) is 17.1 Å². The molecule has 2 unspecified atom stereocenters. The van der Waals surface area contributed by atoms with Crippen LogP contribution in [0.25, 0.3) is 0 Å². The van der Waals surface area contributed by atoms with E-state index >= 15 is 0 Å². The normalized spacial score (nSPS) is 13.9. The van der Waals surface area contributed by atoms with E-state index < -0.39 is 22.2 Å². The molecule has 0 spiro atoms. The van der Waals surface area contributed by atoms with Gasteiger partial charge in [-0.15, -0.1) is 0 Å². The second kappa shape index (κ2) is 12.1. The Morgan fingerprint density at radius 1 is 0.829 bits per heavy atom. The molecule has 0 N–H and O–H groups in total. The van der Waals surface area contributed by atoms with Crippen molar-refractivity contribution in [1.29, 1.82) is 0 Å². The third kappa shape index (κ3) is 7.13. The molecule has 3 nitrogen and oxygen atoms in total. The molecule has 0 aliphatic heterocycles. The highest BCUT2D eigenvalue weighted by Gasteiger charge is 2.43. The predicted molar refractivity (Wildman–Crippen MR) is 152 cm³/mol. The lowest BCUT2D eigenvalue weighted by molar-refractivity contribution is -0.150. The fourth-order valence-electron chi connectivity index (χ4n) is 3.84. The van der Waals surface area contributed by atoms with E-state index in [0.717, 1.165) is 5.56 Å². The maximum Gasteiger partial charge on any atom is 0.312 e. The Hall–Kier alpha value is -2.26. The van der Waals surface area contributed by atoms with Gasteiger partial charge in [0, 0.05) is 0 Å². The molecule has 0 amide bonds. The molecular formula is C30H39O3PSi. The molecule has 3 aromatic carbocycles. The standard InChI is InChI=1S/C30H39O3PSi/c1-7-32-29(31)27(23-34(25-19-13-9-14-20-25)26-21-15-10-16-22-26)28(24-17-11-8-12-18-24)33-35(5,6)30(2,3)4/h8-22,27-28H,7,23H2,1-6H3. The molecule has 0 fully saturated rings. The van der Waals surface area contributed by atoms with Gasteiger partial charge in [-0.1, -0.05) is 112 Å². The van der Waals surface area contributed by atoms with Crippen molar-refractivity contribution in [3.05, 3.63) is 96.6 Å². The van der Waals surface area contributed by atoms with Crippen molar-refractivity contribution in [3.63, 3.8) is 0 Å². The van der Waals surface area contributed by atoms with Gasteiger partial charge in [-0.05, 0) is 55.3 Å². The van der Waals surface area contributed by atoms with E-state index in [1.54, 1.807) is 0 Å². The van der Waals surface area contributed by atoms with E-state index in [4.69, 9.17) is 9.16 Å². The van der Waals surface area contributed by atoms with Crippen LogP contribution in [0.1, 0.15) is 39.4 Å². The van der Waals surface area contributed by atoms with Crippen molar-refractivity contribution in [2.75, 3.05) is 12.8 Å². The molecule has 3 rings (SSSR count). The van der Waals surface area contributed by atoms with Gasteiger partial charge in [-0.3, -0.25) is 4.79 Å². The first kappa shape index (κ1) is 27.3. The third-order valence-electron chi connectivity index (χ3n) is 6.83. The monoisotopic (exact) mass is 506 g/mol. The summed E-state index contributed by atoms with van der Waals surface area (Å²) in [4.78, 5) is 13.6. The van der Waals surface area contributed by atoms with Gasteiger partial charge in [0.2, 0.25) is 0 Å². The molecule has 3 aromatic rings. The molecule has 0 heterocycles. The minimum Gasteiger partial charge on any atom is -0.466 e. The van der Waals surface area contributed by atoms with Gasteiger partial charge in [-0.25, -0.2) is 0 Å². The Morgan fingerprint density at radius 2 is 1.29 bits per heavy atom. The Balaban J connectivity index is 2.11. The van der Waals surface area contributed by atoms with Crippen LogP contribution in [0.5, 0.6) is 0 Å². The van der Waals surface area contributed by atoms with Crippen molar-refractivity contribution >= 4 is 32.8 Å². The fourth-order valence-corrected chi connectivity index (χ4v) is 7.64. The minimum absolute atomic E-state index is 0.0167. The van der Waals surface area contributed by atoms with E-state index in [2.05, 4.69) is 94.5 Å². The van der Waals surface area contributed by atoms with Crippen LogP contribution in [-0.2, 0) is 14.0 Å². The molecule has 35 heavy (non-hydrogen) atoms. The zero-order valence-corrected chi connectivity index (χ0v) is 23.8. The molecule has 0 radical (unpaired) electrons. The largest absolute Gasteiger partial charge is 0.466 e. The first-order valence-electron chi connectivity index (χ1n) is 12.4. The maximum atomic E-state index is 13.6. The van der Waals surface area contributed by atoms with Gasteiger partial charge in [-0.2, -0.15) is 0 Å². The predicted octanol–water partition coefficient (Wildman–Crippen LogP) is 7.06. The SMILES string of the molecule is CCOC(=O)C(CP(c1ccccc1)c1ccccc1)C(O[Si](C)(C)C(C)(C)C)c1ccccc1. The minimum atomic E-state index is -2.19. The van der Waals surface area contributed by atoms with E-state index in [1.165, 1.54) is 10.6 Å². The van der Waals surface area contributed by atoms with Crippen LogP contribution in [-0.4, -0.2) is 27.1 Å². The lowest BCUT2D eigenvalue weighted by atomic mass is 9.97. The van der Waals surface area contributed by atoms with Gasteiger partial charge in [0.25, 0.3) is 0 Å². The second-order valence-electron chi connectivity index (χ2n) is 10.3. The quantitative estimate of drug-likeness (QED) is 0.168. The van der Waals surface area contributed by atoms with Crippen molar-refractivity contribution < 1.29 is 14.0 Å². The molecule has 0 bridgehead atoms. The zero-order chi connectivity index (χ0) is 25.5. The summed E-state index contributed by atoms with van der Waals surface area (Å²) in [6, 6.07) is 31.3. The highest BCUT2D eigenvalue weighted by atomic mass is 31.1. The van der Waals surface area contributed by atoms with Gasteiger partial charge < -0.3 is 9.16 Å². The average molecular weight is 507 g/mol. The smallest absolute Gasteiger partial charge is 0.312 e. The van der Waals surface area contributed by atoms with Crippen molar-refractivity contribution in [3.8, 4) is 0 Å². The Morgan fingerprint density at radius 3 is 1.71 bits per heavy atom. The Kier molecular flexibility index (Phi) is 9.46. The molecule has 5 heteroatoms. The van der Waals surface area contributed by atoms with Crippen LogP contribution >= 0.6 is 7.92 Å². The van der Waals surface area contributed by atoms with E-state index in [9.17, 15) is 4.79 Å². The number of carbonyl (C=O) groups is 1. The molecule has 0 aliphatic rings. The fraction of sp³-hybridized carbons (Fsp3) is 0.367. The number of ether oxygens (including phenoxy) is 1. The summed E-state index contributed by atoms with van der Waals surface area (Å²) in [5.41, 5.74) is 1.03. The lowest BCUT2D eigenvalue weighted by Crippen LogP contribution is -2.45. The molecule has 186 valence electrons. The summed E-state index contributed by atoms with van der Waals surface area (Å²) < 4.78 is 12.7. The number of benzene rings is 3. The summed E-state index contributed by atoms with van der Waals surface area (Å²) in [5, 5.41) is 2.52. The van der Waals surface area contributed by atoms with Crippen LogP contribution in [0.4, 0.5) is 0 Å². The molecule has 0 saturated carbocycles. The van der Waals surface area contributed by atoms with Gasteiger partial charge in [0.1, 0.15) is 0 Å². The maximum absolute atomic E-state index is 13.6. The first-order valence-corrected chi connectivity index (χ1v) is 16.8. The Bertz CT molecular complexity index is 1010. The first-order chi connectivity index (χ1) is 16.6. The lowest BCUT2D eigenvalue weighted by Gasteiger charge is -2.41. The third-order valence-corrected chi connectivity index (χ3v) is 13.9. The van der Waals surface area contributed by atoms with Gasteiger partial charge in [0.05, 0.1) is 18.6 Å². The summed E-state index contributed by atoms with van der Waals surface area (Å²) in [6.45, 7) is 13.4. The summed E-state index contributed by atoms with van der Waals surface area (Å²) in [5.74, 6) is -0.600. The van der Waals surface area contributed by atoms with Crippen molar-refractivity contribution in [1.82, 2.24) is 0 Å². The molecule has 0 aliphatic carbocycles. The Labute approximate surface area is 213 Å². The van der Waals surface area contributed by atoms with Crippen molar-refractivity contribution in [2.24, 2.45) is 5.92 Å². The van der Waals surface area contributed by atoms with Crippen LogP contribution in [0, 0.1) is 5.92 Å². The highest BCUT2D eigenvalue weighted by molar-refractivity contribution is 7.73. The number of hydrogen-bond donors (Lipinski definition) is 0. The van der Waals surface area contributed by atoms with E-state index in [1.807, 2.05) is 37.3 Å². The summed E-state index contributed by atoms with van der Waals surface area (Å²) >= 11 is 0.